The van der Waals surface area contributed by atoms with E-state index in [1.165, 1.54) is 6.42 Å². The highest BCUT2D eigenvalue weighted by Crippen LogP contribution is 2.33. The van der Waals surface area contributed by atoms with E-state index >= 15 is 0 Å². The fraction of sp³-hybridized carbons (Fsp3) is 1.00. The molecular weight excluding hydrogens is 172 g/mol. The Bertz CT molecular complexity index is 159. The third-order valence-corrected chi connectivity index (χ3v) is 3.94. The standard InChI is InChI=1S/C13H28O/c1-7-11(3)13(6,14)10-9-12(4,5)8-2/h11,14H,7-10H2,1-6H3. The van der Waals surface area contributed by atoms with Crippen LogP contribution in [0.25, 0.3) is 0 Å². The minimum absolute atomic E-state index is 0.372. The molecule has 1 nitrogen and oxygen atoms in total. The first kappa shape index (κ1) is 14.0. The lowest BCUT2D eigenvalue weighted by atomic mass is 9.77. The summed E-state index contributed by atoms with van der Waals surface area (Å²) in [6.07, 6.45) is 4.27. The van der Waals surface area contributed by atoms with Crippen molar-refractivity contribution in [3.8, 4) is 0 Å². The van der Waals surface area contributed by atoms with Gasteiger partial charge in [-0.15, -0.1) is 0 Å². The topological polar surface area (TPSA) is 20.2 Å². The number of rotatable bonds is 6. The molecular formula is C13H28O. The second kappa shape index (κ2) is 5.16. The Hall–Kier alpha value is -0.0400. The Morgan fingerprint density at radius 1 is 1.07 bits per heavy atom. The Kier molecular flexibility index (Phi) is 5.14. The van der Waals surface area contributed by atoms with Gasteiger partial charge in [0.15, 0.2) is 0 Å². The van der Waals surface area contributed by atoms with Gasteiger partial charge in [0.1, 0.15) is 0 Å². The summed E-state index contributed by atoms with van der Waals surface area (Å²) >= 11 is 0. The van der Waals surface area contributed by atoms with Gasteiger partial charge in [-0.2, -0.15) is 0 Å². The van der Waals surface area contributed by atoms with Gasteiger partial charge in [0, 0.05) is 0 Å². The predicted octanol–water partition coefficient (Wildman–Crippen LogP) is 4.00. The van der Waals surface area contributed by atoms with E-state index in [1.807, 2.05) is 6.92 Å². The number of aliphatic hydroxyl groups is 1. The average molecular weight is 200 g/mol. The first-order valence-corrected chi connectivity index (χ1v) is 5.97. The monoisotopic (exact) mass is 200 g/mol. The smallest absolute Gasteiger partial charge is 0.0645 e. The minimum Gasteiger partial charge on any atom is -0.390 e. The Labute approximate surface area is 89.9 Å². The molecule has 0 saturated carbocycles. The van der Waals surface area contributed by atoms with Crippen LogP contribution in [0.15, 0.2) is 0 Å². The average Bonchev–Trinajstić information content (AvgIpc) is 2.14. The van der Waals surface area contributed by atoms with Crippen LogP contribution in [-0.4, -0.2) is 10.7 Å². The zero-order valence-electron chi connectivity index (χ0n) is 10.9. The lowest BCUT2D eigenvalue weighted by Crippen LogP contribution is -2.33. The van der Waals surface area contributed by atoms with Crippen LogP contribution in [0.4, 0.5) is 0 Å². The molecule has 0 aliphatic carbocycles. The summed E-state index contributed by atoms with van der Waals surface area (Å²) in [5, 5.41) is 10.2. The molecule has 86 valence electrons. The molecule has 14 heavy (non-hydrogen) atoms. The maximum absolute atomic E-state index is 10.2. The van der Waals surface area contributed by atoms with Gasteiger partial charge in [-0.1, -0.05) is 47.5 Å². The van der Waals surface area contributed by atoms with Crippen molar-refractivity contribution >= 4 is 0 Å². The maximum atomic E-state index is 10.2. The van der Waals surface area contributed by atoms with Gasteiger partial charge in [0.2, 0.25) is 0 Å². The Balaban J connectivity index is 4.11. The van der Waals surface area contributed by atoms with Crippen molar-refractivity contribution < 1.29 is 5.11 Å². The van der Waals surface area contributed by atoms with Crippen LogP contribution in [-0.2, 0) is 0 Å². The van der Waals surface area contributed by atoms with Crippen molar-refractivity contribution in [1.82, 2.24) is 0 Å². The predicted molar refractivity (Wildman–Crippen MR) is 63.4 cm³/mol. The number of hydrogen-bond donors (Lipinski definition) is 1. The van der Waals surface area contributed by atoms with Crippen LogP contribution in [0, 0.1) is 11.3 Å². The first-order valence-electron chi connectivity index (χ1n) is 5.97. The molecule has 0 aromatic carbocycles. The first-order chi connectivity index (χ1) is 6.25. The zero-order valence-corrected chi connectivity index (χ0v) is 10.9. The lowest BCUT2D eigenvalue weighted by molar-refractivity contribution is -0.0131. The second-order valence-corrected chi connectivity index (χ2v) is 5.68. The molecule has 1 heteroatoms. The van der Waals surface area contributed by atoms with E-state index in [1.54, 1.807) is 0 Å². The van der Waals surface area contributed by atoms with Crippen LogP contribution in [0.5, 0.6) is 0 Å². The van der Waals surface area contributed by atoms with Gasteiger partial charge < -0.3 is 5.11 Å². The van der Waals surface area contributed by atoms with Crippen molar-refractivity contribution in [3.63, 3.8) is 0 Å². The van der Waals surface area contributed by atoms with Gasteiger partial charge in [-0.25, -0.2) is 0 Å². The van der Waals surface area contributed by atoms with Crippen molar-refractivity contribution in [1.29, 1.82) is 0 Å². The highest BCUT2D eigenvalue weighted by Gasteiger charge is 2.29. The molecule has 0 amide bonds. The Morgan fingerprint density at radius 2 is 1.57 bits per heavy atom. The van der Waals surface area contributed by atoms with Crippen molar-refractivity contribution in [2.45, 2.75) is 72.8 Å². The molecule has 0 radical (unpaired) electrons. The van der Waals surface area contributed by atoms with Crippen LogP contribution in [0.3, 0.4) is 0 Å². The molecule has 0 rings (SSSR count). The Morgan fingerprint density at radius 3 is 1.93 bits per heavy atom. The van der Waals surface area contributed by atoms with Crippen molar-refractivity contribution in [2.24, 2.45) is 11.3 Å². The van der Waals surface area contributed by atoms with E-state index in [2.05, 4.69) is 34.6 Å². The molecule has 0 fully saturated rings. The highest BCUT2D eigenvalue weighted by atomic mass is 16.3. The molecule has 0 heterocycles. The highest BCUT2D eigenvalue weighted by molar-refractivity contribution is 4.81. The molecule has 0 aliphatic heterocycles. The molecule has 2 atom stereocenters. The summed E-state index contributed by atoms with van der Waals surface area (Å²) in [6, 6.07) is 0. The molecule has 0 spiro atoms. The number of hydrogen-bond acceptors (Lipinski definition) is 1. The molecule has 0 bridgehead atoms. The van der Waals surface area contributed by atoms with Crippen molar-refractivity contribution in [2.75, 3.05) is 0 Å². The maximum Gasteiger partial charge on any atom is 0.0645 e. The van der Waals surface area contributed by atoms with Crippen LogP contribution in [0.1, 0.15) is 67.2 Å². The normalized spacial score (nSPS) is 19.1. The lowest BCUT2D eigenvalue weighted by Gasteiger charge is -2.33. The summed E-state index contributed by atoms with van der Waals surface area (Å²) in [5.74, 6) is 0.398. The van der Waals surface area contributed by atoms with Crippen LogP contribution >= 0.6 is 0 Å². The van der Waals surface area contributed by atoms with Gasteiger partial charge in [0.05, 0.1) is 5.60 Å². The summed E-state index contributed by atoms with van der Waals surface area (Å²) in [4.78, 5) is 0. The van der Waals surface area contributed by atoms with Gasteiger partial charge in [-0.3, -0.25) is 0 Å². The van der Waals surface area contributed by atoms with E-state index in [0.717, 1.165) is 19.3 Å². The molecule has 2 unspecified atom stereocenters. The third kappa shape index (κ3) is 4.45. The molecule has 0 saturated heterocycles. The minimum atomic E-state index is -0.485. The quantitative estimate of drug-likeness (QED) is 0.687. The van der Waals surface area contributed by atoms with Gasteiger partial charge >= 0.3 is 0 Å². The van der Waals surface area contributed by atoms with E-state index in [0.29, 0.717) is 11.3 Å². The van der Waals surface area contributed by atoms with E-state index < -0.39 is 5.60 Å². The van der Waals surface area contributed by atoms with E-state index in [-0.39, 0.29) is 0 Å². The van der Waals surface area contributed by atoms with Crippen molar-refractivity contribution in [3.05, 3.63) is 0 Å². The second-order valence-electron chi connectivity index (χ2n) is 5.68. The van der Waals surface area contributed by atoms with Crippen LogP contribution in [0.2, 0.25) is 0 Å². The third-order valence-electron chi connectivity index (χ3n) is 3.94. The molecule has 0 aromatic heterocycles. The van der Waals surface area contributed by atoms with Gasteiger partial charge in [-0.05, 0) is 31.1 Å². The summed E-state index contributed by atoms with van der Waals surface area (Å²) in [5.41, 5.74) is -0.112. The van der Waals surface area contributed by atoms with E-state index in [4.69, 9.17) is 0 Å². The zero-order chi connectivity index (χ0) is 11.4. The van der Waals surface area contributed by atoms with Gasteiger partial charge in [0.25, 0.3) is 0 Å². The fourth-order valence-electron chi connectivity index (χ4n) is 1.45. The summed E-state index contributed by atoms with van der Waals surface area (Å²) in [7, 11) is 0. The SMILES string of the molecule is CCC(C)C(C)(O)CCC(C)(C)CC. The molecule has 0 aliphatic rings. The van der Waals surface area contributed by atoms with E-state index in [9.17, 15) is 5.11 Å². The summed E-state index contributed by atoms with van der Waals surface area (Å²) in [6.45, 7) is 13.0. The molecule has 0 aromatic rings. The summed E-state index contributed by atoms with van der Waals surface area (Å²) < 4.78 is 0. The fourth-order valence-corrected chi connectivity index (χ4v) is 1.45. The largest absolute Gasteiger partial charge is 0.390 e. The molecule has 1 N–H and O–H groups in total. The van der Waals surface area contributed by atoms with Crippen LogP contribution < -0.4 is 0 Å².